The number of halogens is 2. The van der Waals surface area contributed by atoms with Crippen molar-refractivity contribution in [2.75, 3.05) is 11.9 Å². The molecule has 132 valence electrons. The Kier molecular flexibility index (Phi) is 6.35. The molecule has 0 spiro atoms. The summed E-state index contributed by atoms with van der Waals surface area (Å²) in [6.45, 7) is 1.13. The highest BCUT2D eigenvalue weighted by atomic mass is 32.2. The Hall–Kier alpha value is -2.61. The number of hydrogen-bond donors (Lipinski definition) is 2. The van der Waals surface area contributed by atoms with Crippen LogP contribution in [0.5, 0.6) is 5.75 Å². The molecule has 0 aliphatic carbocycles. The van der Waals surface area contributed by atoms with E-state index in [1.54, 1.807) is 25.1 Å². The van der Waals surface area contributed by atoms with Crippen LogP contribution in [0, 0.1) is 6.92 Å². The second-order valence-electron chi connectivity index (χ2n) is 5.02. The lowest BCUT2D eigenvalue weighted by atomic mass is 10.1. The number of para-hydroxylation sites is 1. The molecule has 1 amide bonds. The summed E-state index contributed by atoms with van der Waals surface area (Å²) >= 11 is 0.303. The number of amides is 1. The minimum atomic E-state index is -2.62. The number of rotatable bonds is 6. The lowest BCUT2D eigenvalue weighted by Gasteiger charge is -2.11. The van der Waals surface area contributed by atoms with E-state index in [1.165, 1.54) is 24.3 Å². The molecule has 5 nitrogen and oxygen atoms in total. The summed E-state index contributed by atoms with van der Waals surface area (Å²) in [7, 11) is 0. The van der Waals surface area contributed by atoms with E-state index in [9.17, 15) is 23.5 Å². The fourth-order valence-corrected chi connectivity index (χ4v) is 2.57. The second kappa shape index (κ2) is 8.48. The van der Waals surface area contributed by atoms with E-state index in [2.05, 4.69) is 5.32 Å². The summed E-state index contributed by atoms with van der Waals surface area (Å²) in [6.07, 6.45) is 0. The quantitative estimate of drug-likeness (QED) is 0.600. The highest BCUT2D eigenvalue weighted by Gasteiger charge is 2.16. The van der Waals surface area contributed by atoms with E-state index in [1.807, 2.05) is 0 Å². The van der Waals surface area contributed by atoms with Crippen molar-refractivity contribution >= 4 is 29.3 Å². The molecule has 0 saturated heterocycles. The molecule has 0 saturated carbocycles. The summed E-state index contributed by atoms with van der Waals surface area (Å²) in [5.41, 5.74) is 0.890. The number of aromatic hydroxyl groups is 1. The van der Waals surface area contributed by atoms with Crippen molar-refractivity contribution in [3.05, 3.63) is 53.6 Å². The number of anilines is 1. The van der Waals surface area contributed by atoms with Gasteiger partial charge in [0, 0.05) is 4.90 Å². The molecule has 2 aromatic carbocycles. The molecule has 0 unspecified atom stereocenters. The SMILES string of the molecule is Cc1ccc(O)c(C(=O)OCC(=O)Nc2ccccc2SC(F)F)c1. The number of nitrogens with one attached hydrogen (secondary N) is 1. The summed E-state index contributed by atoms with van der Waals surface area (Å²) in [4.78, 5) is 24.0. The van der Waals surface area contributed by atoms with Gasteiger partial charge in [-0.05, 0) is 31.2 Å². The number of phenolic OH excluding ortho intramolecular Hbond substituents is 1. The van der Waals surface area contributed by atoms with Crippen LogP contribution in [-0.2, 0) is 9.53 Å². The van der Waals surface area contributed by atoms with Gasteiger partial charge < -0.3 is 15.2 Å². The fraction of sp³-hybridized carbons (Fsp3) is 0.176. The Labute approximate surface area is 147 Å². The largest absolute Gasteiger partial charge is 0.507 e. The summed E-state index contributed by atoms with van der Waals surface area (Å²) in [6, 6.07) is 10.5. The third kappa shape index (κ3) is 5.46. The van der Waals surface area contributed by atoms with Gasteiger partial charge >= 0.3 is 5.97 Å². The van der Waals surface area contributed by atoms with Crippen LogP contribution >= 0.6 is 11.8 Å². The fourth-order valence-electron chi connectivity index (χ4n) is 1.98. The van der Waals surface area contributed by atoms with Crippen LogP contribution in [0.15, 0.2) is 47.4 Å². The van der Waals surface area contributed by atoms with Gasteiger partial charge in [-0.1, -0.05) is 35.5 Å². The zero-order chi connectivity index (χ0) is 18.4. The Morgan fingerprint density at radius 3 is 2.68 bits per heavy atom. The van der Waals surface area contributed by atoms with Gasteiger partial charge in [-0.2, -0.15) is 8.78 Å². The van der Waals surface area contributed by atoms with Crippen molar-refractivity contribution in [3.8, 4) is 5.75 Å². The van der Waals surface area contributed by atoms with Crippen LogP contribution in [0.25, 0.3) is 0 Å². The van der Waals surface area contributed by atoms with Crippen LogP contribution in [0.2, 0.25) is 0 Å². The van der Waals surface area contributed by atoms with E-state index in [4.69, 9.17) is 4.74 Å². The Morgan fingerprint density at radius 1 is 1.24 bits per heavy atom. The molecule has 2 rings (SSSR count). The number of benzene rings is 2. The first-order chi connectivity index (χ1) is 11.9. The maximum atomic E-state index is 12.5. The topological polar surface area (TPSA) is 75.6 Å². The molecule has 0 atom stereocenters. The normalized spacial score (nSPS) is 10.6. The predicted molar refractivity (Wildman–Crippen MR) is 90.1 cm³/mol. The van der Waals surface area contributed by atoms with Crippen LogP contribution in [-0.4, -0.2) is 29.3 Å². The van der Waals surface area contributed by atoms with Gasteiger partial charge in [-0.15, -0.1) is 0 Å². The van der Waals surface area contributed by atoms with Gasteiger partial charge in [0.1, 0.15) is 11.3 Å². The number of phenols is 1. The maximum Gasteiger partial charge on any atom is 0.342 e. The van der Waals surface area contributed by atoms with E-state index in [0.29, 0.717) is 11.8 Å². The highest BCUT2D eigenvalue weighted by Crippen LogP contribution is 2.31. The van der Waals surface area contributed by atoms with Crippen molar-refractivity contribution < 1.29 is 28.2 Å². The van der Waals surface area contributed by atoms with Crippen LogP contribution in [0.1, 0.15) is 15.9 Å². The zero-order valence-electron chi connectivity index (χ0n) is 13.2. The minimum Gasteiger partial charge on any atom is -0.507 e. The molecule has 0 radical (unpaired) electrons. The third-order valence-corrected chi connectivity index (χ3v) is 3.87. The van der Waals surface area contributed by atoms with Crippen molar-refractivity contribution in [1.29, 1.82) is 0 Å². The molecule has 0 aromatic heterocycles. The smallest absolute Gasteiger partial charge is 0.342 e. The van der Waals surface area contributed by atoms with Crippen molar-refractivity contribution in [2.24, 2.45) is 0 Å². The molecule has 0 fully saturated rings. The Morgan fingerprint density at radius 2 is 1.96 bits per heavy atom. The molecule has 8 heteroatoms. The van der Waals surface area contributed by atoms with E-state index in [0.717, 1.165) is 5.56 Å². The third-order valence-electron chi connectivity index (χ3n) is 3.08. The number of alkyl halides is 2. The monoisotopic (exact) mass is 367 g/mol. The summed E-state index contributed by atoms with van der Waals surface area (Å²) in [5.74, 6) is -4.41. The average molecular weight is 367 g/mol. The number of carbonyl (C=O) groups is 2. The Balaban J connectivity index is 1.97. The summed E-state index contributed by atoms with van der Waals surface area (Å²) in [5, 5.41) is 12.1. The van der Waals surface area contributed by atoms with Crippen LogP contribution in [0.3, 0.4) is 0 Å². The molecule has 0 aliphatic heterocycles. The average Bonchev–Trinajstić information content (AvgIpc) is 2.56. The molecule has 0 bridgehead atoms. The number of carbonyl (C=O) groups excluding carboxylic acids is 2. The maximum absolute atomic E-state index is 12.5. The number of ether oxygens (including phenoxy) is 1. The zero-order valence-corrected chi connectivity index (χ0v) is 14.0. The lowest BCUT2D eigenvalue weighted by molar-refractivity contribution is -0.119. The van der Waals surface area contributed by atoms with Gasteiger partial charge in [-0.25, -0.2) is 4.79 Å². The van der Waals surface area contributed by atoms with E-state index < -0.39 is 24.2 Å². The lowest BCUT2D eigenvalue weighted by Crippen LogP contribution is -2.21. The molecule has 2 aromatic rings. The van der Waals surface area contributed by atoms with Gasteiger partial charge in [0.25, 0.3) is 11.7 Å². The van der Waals surface area contributed by atoms with E-state index in [-0.39, 0.29) is 21.9 Å². The standard InChI is InChI=1S/C17H15F2NO4S/c1-10-6-7-13(21)11(8-10)16(23)24-9-15(22)20-12-4-2-3-5-14(12)25-17(18)19/h2-8,17,21H,9H2,1H3,(H,20,22). The number of hydrogen-bond acceptors (Lipinski definition) is 5. The van der Waals surface area contributed by atoms with Gasteiger partial charge in [0.2, 0.25) is 0 Å². The van der Waals surface area contributed by atoms with Crippen LogP contribution in [0.4, 0.5) is 14.5 Å². The van der Waals surface area contributed by atoms with Gasteiger partial charge in [-0.3, -0.25) is 4.79 Å². The minimum absolute atomic E-state index is 0.0542. The molecular formula is C17H15F2NO4S. The first-order valence-electron chi connectivity index (χ1n) is 7.17. The molecule has 0 heterocycles. The highest BCUT2D eigenvalue weighted by molar-refractivity contribution is 7.99. The first kappa shape index (κ1) is 18.7. The molecular weight excluding hydrogens is 352 g/mol. The van der Waals surface area contributed by atoms with Crippen LogP contribution < -0.4 is 5.32 Å². The number of esters is 1. The Bertz CT molecular complexity index is 783. The predicted octanol–water partition coefficient (Wildman–Crippen LogP) is 3.81. The molecule has 0 aliphatic rings. The second-order valence-corrected chi connectivity index (χ2v) is 6.05. The summed E-state index contributed by atoms with van der Waals surface area (Å²) < 4.78 is 29.9. The molecule has 2 N–H and O–H groups in total. The van der Waals surface area contributed by atoms with Gasteiger partial charge in [0.05, 0.1) is 5.69 Å². The number of thioether (sulfide) groups is 1. The van der Waals surface area contributed by atoms with E-state index >= 15 is 0 Å². The van der Waals surface area contributed by atoms with Crippen molar-refractivity contribution in [3.63, 3.8) is 0 Å². The van der Waals surface area contributed by atoms with Crippen molar-refractivity contribution in [2.45, 2.75) is 17.6 Å². The number of aryl methyl sites for hydroxylation is 1. The van der Waals surface area contributed by atoms with Crippen molar-refractivity contribution in [1.82, 2.24) is 0 Å². The van der Waals surface area contributed by atoms with Gasteiger partial charge in [0.15, 0.2) is 6.61 Å². The first-order valence-corrected chi connectivity index (χ1v) is 8.05. The molecule has 25 heavy (non-hydrogen) atoms.